The SMILES string of the molecule is CC[C@H](NC(=O)N[C@@H]1CCC[C@@H]([S@](=O)CC)C1)c1nccs1. The van der Waals surface area contributed by atoms with Crippen molar-refractivity contribution in [2.75, 3.05) is 5.75 Å². The number of thiazole rings is 1. The van der Waals surface area contributed by atoms with E-state index in [0.29, 0.717) is 5.75 Å². The third kappa shape index (κ3) is 4.78. The Labute approximate surface area is 138 Å². The van der Waals surface area contributed by atoms with Crippen LogP contribution in [0.15, 0.2) is 11.6 Å². The predicted octanol–water partition coefficient (Wildman–Crippen LogP) is 2.97. The summed E-state index contributed by atoms with van der Waals surface area (Å²) in [6.45, 7) is 3.99. The van der Waals surface area contributed by atoms with Gasteiger partial charge in [-0.3, -0.25) is 4.21 Å². The second-order valence-electron chi connectivity index (χ2n) is 5.60. The van der Waals surface area contributed by atoms with Crippen LogP contribution >= 0.6 is 11.3 Å². The van der Waals surface area contributed by atoms with Gasteiger partial charge in [0.1, 0.15) is 5.01 Å². The minimum atomic E-state index is -0.766. The van der Waals surface area contributed by atoms with Crippen molar-refractivity contribution in [3.63, 3.8) is 0 Å². The molecule has 0 unspecified atom stereocenters. The fourth-order valence-corrected chi connectivity index (χ4v) is 5.00. The zero-order valence-corrected chi connectivity index (χ0v) is 14.8. The number of aromatic nitrogens is 1. The van der Waals surface area contributed by atoms with Crippen molar-refractivity contribution in [3.05, 3.63) is 16.6 Å². The van der Waals surface area contributed by atoms with E-state index in [-0.39, 0.29) is 23.4 Å². The second-order valence-corrected chi connectivity index (χ2v) is 8.54. The highest BCUT2D eigenvalue weighted by Crippen LogP contribution is 2.23. The molecule has 0 bridgehead atoms. The first kappa shape index (κ1) is 17.4. The van der Waals surface area contributed by atoms with Crippen LogP contribution in [-0.2, 0) is 10.8 Å². The molecular formula is C15H25N3O2S2. The molecule has 1 aromatic rings. The summed E-state index contributed by atoms with van der Waals surface area (Å²) in [4.78, 5) is 16.5. The molecule has 0 aromatic carbocycles. The third-order valence-corrected chi connectivity index (χ3v) is 6.71. The Morgan fingerprint density at radius 1 is 1.50 bits per heavy atom. The molecule has 1 aliphatic carbocycles. The number of nitrogens with one attached hydrogen (secondary N) is 2. The van der Waals surface area contributed by atoms with Gasteiger partial charge in [0.05, 0.1) is 6.04 Å². The summed E-state index contributed by atoms with van der Waals surface area (Å²) < 4.78 is 12.0. The van der Waals surface area contributed by atoms with Crippen LogP contribution in [0.25, 0.3) is 0 Å². The zero-order chi connectivity index (χ0) is 15.9. The molecule has 124 valence electrons. The number of urea groups is 1. The van der Waals surface area contributed by atoms with E-state index in [1.165, 1.54) is 0 Å². The van der Waals surface area contributed by atoms with E-state index in [9.17, 15) is 9.00 Å². The van der Waals surface area contributed by atoms with Crippen molar-refractivity contribution in [1.82, 2.24) is 15.6 Å². The lowest BCUT2D eigenvalue weighted by Gasteiger charge is -2.29. The molecule has 2 amide bonds. The normalized spacial score (nSPS) is 24.5. The molecule has 1 aliphatic rings. The fourth-order valence-electron chi connectivity index (χ4n) is 2.88. The van der Waals surface area contributed by atoms with Crippen LogP contribution in [0.5, 0.6) is 0 Å². The summed E-state index contributed by atoms with van der Waals surface area (Å²) in [5.41, 5.74) is 0. The van der Waals surface area contributed by atoms with Crippen molar-refractivity contribution >= 4 is 28.2 Å². The van der Waals surface area contributed by atoms with Crippen LogP contribution in [0, 0.1) is 0 Å². The van der Waals surface area contributed by atoms with Gasteiger partial charge < -0.3 is 10.6 Å². The standard InChI is InChI=1S/C15H25N3O2S2/c1-3-13(14-16-8-9-21-14)18-15(19)17-11-6-5-7-12(10-11)22(20)4-2/h8-9,11-13H,3-7,10H2,1-2H3,(H2,17,18,19)/t11-,12-,13+,22-/m1/s1. The van der Waals surface area contributed by atoms with Crippen LogP contribution in [-0.4, -0.2) is 32.3 Å². The van der Waals surface area contributed by atoms with Gasteiger partial charge in [-0.1, -0.05) is 20.3 Å². The maximum Gasteiger partial charge on any atom is 0.315 e. The molecule has 0 spiro atoms. The van der Waals surface area contributed by atoms with Gasteiger partial charge in [-0.2, -0.15) is 0 Å². The van der Waals surface area contributed by atoms with Gasteiger partial charge in [0, 0.05) is 39.4 Å². The first-order valence-electron chi connectivity index (χ1n) is 7.97. The Kier molecular flexibility index (Phi) is 6.82. The summed E-state index contributed by atoms with van der Waals surface area (Å²) in [5, 5.41) is 9.13. The highest BCUT2D eigenvalue weighted by atomic mass is 32.2. The number of amides is 2. The third-order valence-electron chi connectivity index (χ3n) is 4.08. The molecule has 1 heterocycles. The number of hydrogen-bond donors (Lipinski definition) is 2. The molecule has 22 heavy (non-hydrogen) atoms. The fraction of sp³-hybridized carbons (Fsp3) is 0.733. The first-order valence-corrected chi connectivity index (χ1v) is 10.2. The average Bonchev–Trinajstić information content (AvgIpc) is 3.06. The van der Waals surface area contributed by atoms with E-state index in [1.54, 1.807) is 17.5 Å². The molecule has 2 N–H and O–H groups in total. The van der Waals surface area contributed by atoms with E-state index < -0.39 is 10.8 Å². The van der Waals surface area contributed by atoms with Gasteiger partial charge in [-0.15, -0.1) is 11.3 Å². The summed E-state index contributed by atoms with van der Waals surface area (Å²) >= 11 is 1.56. The maximum absolute atomic E-state index is 12.2. The summed E-state index contributed by atoms with van der Waals surface area (Å²) in [6, 6.07) is -0.0535. The van der Waals surface area contributed by atoms with Gasteiger partial charge in [-0.25, -0.2) is 9.78 Å². The first-order chi connectivity index (χ1) is 10.6. The van der Waals surface area contributed by atoms with Crippen LogP contribution < -0.4 is 10.6 Å². The average molecular weight is 344 g/mol. The molecule has 1 aromatic heterocycles. The van der Waals surface area contributed by atoms with Crippen LogP contribution in [0.4, 0.5) is 4.79 Å². The van der Waals surface area contributed by atoms with Crippen LogP contribution in [0.3, 0.4) is 0 Å². The molecule has 1 fully saturated rings. The predicted molar refractivity (Wildman–Crippen MR) is 91.5 cm³/mol. The lowest BCUT2D eigenvalue weighted by Crippen LogP contribution is -2.46. The van der Waals surface area contributed by atoms with E-state index in [2.05, 4.69) is 15.6 Å². The summed E-state index contributed by atoms with van der Waals surface area (Å²) in [7, 11) is -0.766. The van der Waals surface area contributed by atoms with E-state index in [1.807, 2.05) is 19.2 Å². The quantitative estimate of drug-likeness (QED) is 0.834. The second kappa shape index (κ2) is 8.62. The Morgan fingerprint density at radius 3 is 2.95 bits per heavy atom. The topological polar surface area (TPSA) is 71.1 Å². The molecule has 0 aliphatic heterocycles. The molecule has 1 saturated carbocycles. The monoisotopic (exact) mass is 343 g/mol. The van der Waals surface area contributed by atoms with Crippen molar-refractivity contribution in [1.29, 1.82) is 0 Å². The minimum absolute atomic E-state index is 0.0378. The number of nitrogens with zero attached hydrogens (tertiary/aromatic N) is 1. The molecule has 0 radical (unpaired) electrons. The molecule has 7 heteroatoms. The van der Waals surface area contributed by atoms with Crippen molar-refractivity contribution in [3.8, 4) is 0 Å². The van der Waals surface area contributed by atoms with Gasteiger partial charge in [0.25, 0.3) is 0 Å². The van der Waals surface area contributed by atoms with Crippen molar-refractivity contribution < 1.29 is 9.00 Å². The van der Waals surface area contributed by atoms with E-state index in [0.717, 1.165) is 37.1 Å². The van der Waals surface area contributed by atoms with Crippen LogP contribution in [0.2, 0.25) is 0 Å². The number of rotatable bonds is 6. The number of carbonyl (C=O) groups is 1. The lowest BCUT2D eigenvalue weighted by atomic mass is 9.95. The zero-order valence-electron chi connectivity index (χ0n) is 13.2. The lowest BCUT2D eigenvalue weighted by molar-refractivity contribution is 0.228. The Hall–Kier alpha value is -0.950. The summed E-state index contributed by atoms with van der Waals surface area (Å²) in [5.74, 6) is 0.700. The van der Waals surface area contributed by atoms with Gasteiger partial charge in [0.2, 0.25) is 0 Å². The largest absolute Gasteiger partial charge is 0.335 e. The molecule has 2 rings (SSSR count). The van der Waals surface area contributed by atoms with Gasteiger partial charge >= 0.3 is 6.03 Å². The van der Waals surface area contributed by atoms with E-state index >= 15 is 0 Å². The smallest absolute Gasteiger partial charge is 0.315 e. The van der Waals surface area contributed by atoms with E-state index in [4.69, 9.17) is 0 Å². The molecule has 0 saturated heterocycles. The van der Waals surface area contributed by atoms with Gasteiger partial charge in [0.15, 0.2) is 0 Å². The van der Waals surface area contributed by atoms with Crippen molar-refractivity contribution in [2.45, 2.75) is 63.3 Å². The van der Waals surface area contributed by atoms with Crippen LogP contribution in [0.1, 0.15) is 57.0 Å². The number of hydrogen-bond acceptors (Lipinski definition) is 4. The Bertz CT molecular complexity index is 493. The highest BCUT2D eigenvalue weighted by molar-refractivity contribution is 7.85. The molecule has 5 nitrogen and oxygen atoms in total. The van der Waals surface area contributed by atoms with Gasteiger partial charge in [-0.05, 0) is 25.7 Å². The molecular weight excluding hydrogens is 318 g/mol. The maximum atomic E-state index is 12.2. The highest BCUT2D eigenvalue weighted by Gasteiger charge is 2.27. The van der Waals surface area contributed by atoms with Crippen molar-refractivity contribution in [2.24, 2.45) is 0 Å². The Balaban J connectivity index is 1.84. The number of carbonyl (C=O) groups excluding carboxylic acids is 1. The Morgan fingerprint density at radius 2 is 2.32 bits per heavy atom. The molecule has 4 atom stereocenters. The minimum Gasteiger partial charge on any atom is -0.335 e. The summed E-state index contributed by atoms with van der Waals surface area (Å²) in [6.07, 6.45) is 6.41.